The first kappa shape index (κ1) is 16.0. The highest BCUT2D eigenvalue weighted by molar-refractivity contribution is 9.10. The lowest BCUT2D eigenvalue weighted by atomic mass is 10.3. The molecular formula is C13H21BrN2O3S. The van der Waals surface area contributed by atoms with Crippen molar-refractivity contribution in [2.24, 2.45) is 0 Å². The van der Waals surface area contributed by atoms with Crippen LogP contribution in [0.1, 0.15) is 39.4 Å². The zero-order chi connectivity index (χ0) is 14.9. The molecule has 1 aromatic rings. The molecule has 0 unspecified atom stereocenters. The first-order valence-corrected chi connectivity index (χ1v) is 9.13. The van der Waals surface area contributed by atoms with E-state index in [1.54, 1.807) is 10.4 Å². The molecule has 1 N–H and O–H groups in total. The summed E-state index contributed by atoms with van der Waals surface area (Å²) in [5.74, 6) is 0.621. The lowest BCUT2D eigenvalue weighted by molar-refractivity contribution is 0.416. The van der Waals surface area contributed by atoms with Gasteiger partial charge in [0.1, 0.15) is 10.7 Å². The Bertz CT molecular complexity index is 564. The van der Waals surface area contributed by atoms with Crippen molar-refractivity contribution in [2.45, 2.75) is 57.1 Å². The zero-order valence-corrected chi connectivity index (χ0v) is 14.4. The fourth-order valence-corrected chi connectivity index (χ4v) is 4.74. The molecule has 1 saturated carbocycles. The summed E-state index contributed by atoms with van der Waals surface area (Å²) in [4.78, 5) is 0.229. The molecule has 0 bridgehead atoms. The molecule has 1 heterocycles. The van der Waals surface area contributed by atoms with E-state index in [1.807, 2.05) is 20.8 Å². The van der Waals surface area contributed by atoms with Gasteiger partial charge in [0.25, 0.3) is 0 Å². The van der Waals surface area contributed by atoms with Crippen molar-refractivity contribution in [3.8, 4) is 0 Å². The largest absolute Gasteiger partial charge is 0.452 e. The molecule has 1 fully saturated rings. The van der Waals surface area contributed by atoms with E-state index >= 15 is 0 Å². The fourth-order valence-electron chi connectivity index (χ4n) is 2.08. The van der Waals surface area contributed by atoms with Gasteiger partial charge in [-0.3, -0.25) is 0 Å². The third-order valence-electron chi connectivity index (χ3n) is 3.24. The highest BCUT2D eigenvalue weighted by Crippen LogP contribution is 2.35. The maximum Gasteiger partial charge on any atom is 0.247 e. The molecule has 114 valence electrons. The first-order chi connectivity index (χ1) is 9.36. The maximum atomic E-state index is 12.6. The molecule has 0 atom stereocenters. The van der Waals surface area contributed by atoms with Crippen LogP contribution in [0.2, 0.25) is 0 Å². The Hall–Kier alpha value is -0.370. The Morgan fingerprint density at radius 1 is 1.50 bits per heavy atom. The summed E-state index contributed by atoms with van der Waals surface area (Å²) in [5, 5.41) is 3.21. The predicted octanol–water partition coefficient (Wildman–Crippen LogP) is 2.71. The zero-order valence-electron chi connectivity index (χ0n) is 12.0. The molecule has 7 heteroatoms. The van der Waals surface area contributed by atoms with E-state index in [4.69, 9.17) is 4.42 Å². The number of sulfonamides is 1. The third kappa shape index (κ3) is 3.44. The molecule has 0 aliphatic heterocycles. The second-order valence-corrected chi connectivity index (χ2v) is 7.91. The molecule has 0 saturated heterocycles. The van der Waals surface area contributed by atoms with Crippen molar-refractivity contribution in [1.29, 1.82) is 0 Å². The van der Waals surface area contributed by atoms with Gasteiger partial charge in [-0.05, 0) is 28.8 Å². The van der Waals surface area contributed by atoms with Crippen molar-refractivity contribution in [1.82, 2.24) is 9.62 Å². The minimum atomic E-state index is -3.47. The molecular weight excluding hydrogens is 344 g/mol. The van der Waals surface area contributed by atoms with Gasteiger partial charge < -0.3 is 9.73 Å². The van der Waals surface area contributed by atoms with Crippen LogP contribution < -0.4 is 5.32 Å². The summed E-state index contributed by atoms with van der Waals surface area (Å²) in [6.45, 7) is 6.93. The van der Waals surface area contributed by atoms with Gasteiger partial charge in [0, 0.05) is 24.7 Å². The molecule has 5 nitrogen and oxygen atoms in total. The third-order valence-corrected chi connectivity index (χ3v) is 6.13. The van der Waals surface area contributed by atoms with Crippen molar-refractivity contribution in [3.63, 3.8) is 0 Å². The number of hydrogen-bond acceptors (Lipinski definition) is 4. The normalized spacial score (nSPS) is 16.3. The van der Waals surface area contributed by atoms with Crippen LogP contribution in [0.5, 0.6) is 0 Å². The quantitative estimate of drug-likeness (QED) is 0.807. The molecule has 0 radical (unpaired) electrons. The number of rotatable bonds is 7. The Kier molecular flexibility index (Phi) is 4.94. The number of halogens is 1. The number of hydrogen-bond donors (Lipinski definition) is 1. The highest BCUT2D eigenvalue weighted by Gasteiger charge is 2.38. The van der Waals surface area contributed by atoms with Gasteiger partial charge in [0.2, 0.25) is 10.0 Å². The van der Waals surface area contributed by atoms with E-state index in [-0.39, 0.29) is 15.6 Å². The number of nitrogens with zero attached hydrogens (tertiary/aromatic N) is 1. The van der Waals surface area contributed by atoms with Gasteiger partial charge in [0.05, 0.1) is 6.54 Å². The summed E-state index contributed by atoms with van der Waals surface area (Å²) in [7, 11) is -3.47. The van der Waals surface area contributed by atoms with Crippen LogP contribution in [0.4, 0.5) is 0 Å². The minimum Gasteiger partial charge on any atom is -0.452 e. The highest BCUT2D eigenvalue weighted by atomic mass is 79.9. The summed E-state index contributed by atoms with van der Waals surface area (Å²) in [6.07, 6.45) is 1.90. The fraction of sp³-hybridized carbons (Fsp3) is 0.692. The van der Waals surface area contributed by atoms with Gasteiger partial charge in [-0.1, -0.05) is 20.8 Å². The van der Waals surface area contributed by atoms with Crippen LogP contribution in [0.15, 0.2) is 20.0 Å². The lowest BCUT2D eigenvalue weighted by Gasteiger charge is -2.18. The van der Waals surface area contributed by atoms with E-state index in [0.717, 1.165) is 12.8 Å². The monoisotopic (exact) mass is 364 g/mol. The topological polar surface area (TPSA) is 62.6 Å². The van der Waals surface area contributed by atoms with E-state index in [9.17, 15) is 8.42 Å². The Morgan fingerprint density at radius 3 is 2.65 bits per heavy atom. The van der Waals surface area contributed by atoms with Crippen molar-refractivity contribution in [3.05, 3.63) is 16.5 Å². The van der Waals surface area contributed by atoms with Crippen LogP contribution in [-0.2, 0) is 16.6 Å². The second kappa shape index (κ2) is 6.17. The van der Waals surface area contributed by atoms with Gasteiger partial charge in [-0.25, -0.2) is 8.42 Å². The summed E-state index contributed by atoms with van der Waals surface area (Å²) in [5.41, 5.74) is 0. The van der Waals surface area contributed by atoms with Gasteiger partial charge in [0.15, 0.2) is 4.67 Å². The first-order valence-electron chi connectivity index (χ1n) is 6.89. The number of nitrogens with one attached hydrogen (secondary N) is 1. The maximum absolute atomic E-state index is 12.6. The van der Waals surface area contributed by atoms with Crippen LogP contribution in [0.25, 0.3) is 0 Å². The SMILES string of the molecule is CCN(C1CC1)S(=O)(=O)c1cc(CNC(C)C)oc1Br. The summed E-state index contributed by atoms with van der Waals surface area (Å²) >= 11 is 3.23. The predicted molar refractivity (Wildman–Crippen MR) is 81.0 cm³/mol. The molecule has 20 heavy (non-hydrogen) atoms. The summed E-state index contributed by atoms with van der Waals surface area (Å²) in [6, 6.07) is 2.08. The molecule has 1 aliphatic rings. The molecule has 1 aliphatic carbocycles. The lowest BCUT2D eigenvalue weighted by Crippen LogP contribution is -2.32. The van der Waals surface area contributed by atoms with Crippen molar-refractivity contribution < 1.29 is 12.8 Å². The molecule has 0 amide bonds. The Labute approximate surface area is 128 Å². The van der Waals surface area contributed by atoms with Gasteiger partial charge in [-0.2, -0.15) is 4.31 Å². The minimum absolute atomic E-state index is 0.157. The van der Waals surface area contributed by atoms with E-state index < -0.39 is 10.0 Å². The summed E-state index contributed by atoms with van der Waals surface area (Å²) < 4.78 is 32.6. The van der Waals surface area contributed by atoms with Crippen LogP contribution >= 0.6 is 15.9 Å². The molecule has 0 spiro atoms. The molecule has 0 aromatic carbocycles. The van der Waals surface area contributed by atoms with Gasteiger partial charge in [-0.15, -0.1) is 0 Å². The number of furan rings is 1. The van der Waals surface area contributed by atoms with Crippen LogP contribution in [0, 0.1) is 0 Å². The smallest absolute Gasteiger partial charge is 0.247 e. The molecule has 2 rings (SSSR count). The van der Waals surface area contributed by atoms with Crippen LogP contribution in [0.3, 0.4) is 0 Å². The Morgan fingerprint density at radius 2 is 2.15 bits per heavy atom. The Balaban J connectivity index is 2.22. The average molecular weight is 365 g/mol. The van der Waals surface area contributed by atoms with E-state index in [1.165, 1.54) is 0 Å². The standard InChI is InChI=1S/C13H21BrN2O3S/c1-4-16(10-5-6-10)20(17,18)12-7-11(19-13(12)14)8-15-9(2)3/h7,9-10,15H,4-6,8H2,1-3H3. The van der Waals surface area contributed by atoms with Gasteiger partial charge >= 0.3 is 0 Å². The van der Waals surface area contributed by atoms with E-state index in [0.29, 0.717) is 24.9 Å². The van der Waals surface area contributed by atoms with Crippen molar-refractivity contribution in [2.75, 3.05) is 6.54 Å². The van der Waals surface area contributed by atoms with Crippen LogP contribution in [-0.4, -0.2) is 31.4 Å². The average Bonchev–Trinajstić information content (AvgIpc) is 3.09. The molecule has 1 aromatic heterocycles. The van der Waals surface area contributed by atoms with Crippen molar-refractivity contribution >= 4 is 26.0 Å². The van der Waals surface area contributed by atoms with E-state index in [2.05, 4.69) is 21.2 Å². The second-order valence-electron chi connectivity index (χ2n) is 5.33.